The molecular weight excluding hydrogens is 302 g/mol. The van der Waals surface area contributed by atoms with Crippen molar-refractivity contribution in [2.75, 3.05) is 5.32 Å². The van der Waals surface area contributed by atoms with Gasteiger partial charge in [0.15, 0.2) is 5.78 Å². The number of Topliss-reactive ketones (excluding diaryl/α,β-unsaturated/α-hetero) is 1. The highest BCUT2D eigenvalue weighted by molar-refractivity contribution is 5.96. The van der Waals surface area contributed by atoms with Crippen molar-refractivity contribution in [1.82, 2.24) is 9.55 Å². The summed E-state index contributed by atoms with van der Waals surface area (Å²) in [6.07, 6.45) is 0.278. The van der Waals surface area contributed by atoms with Gasteiger partial charge in [0.1, 0.15) is 5.82 Å². The maximum Gasteiger partial charge on any atom is 0.228 e. The number of ketones is 1. The third-order valence-electron chi connectivity index (χ3n) is 4.11. The third-order valence-corrected chi connectivity index (χ3v) is 4.11. The Bertz CT molecular complexity index is 924. The van der Waals surface area contributed by atoms with E-state index in [1.165, 1.54) is 6.92 Å². The molecule has 3 rings (SSSR count). The van der Waals surface area contributed by atoms with Crippen LogP contribution in [-0.4, -0.2) is 21.2 Å². The fourth-order valence-corrected chi connectivity index (χ4v) is 2.65. The van der Waals surface area contributed by atoms with E-state index in [0.29, 0.717) is 11.3 Å². The number of nitrogens with zero attached hydrogens (tertiary/aromatic N) is 2. The van der Waals surface area contributed by atoms with Crippen LogP contribution in [-0.2, 0) is 18.3 Å². The molecule has 3 aromatic rings. The van der Waals surface area contributed by atoms with Crippen molar-refractivity contribution in [3.8, 4) is 0 Å². The number of benzene rings is 2. The van der Waals surface area contributed by atoms with Crippen LogP contribution in [0.2, 0.25) is 0 Å². The van der Waals surface area contributed by atoms with E-state index in [2.05, 4.69) is 10.3 Å². The van der Waals surface area contributed by atoms with Crippen LogP contribution in [0.5, 0.6) is 0 Å². The second-order valence-electron chi connectivity index (χ2n) is 5.90. The summed E-state index contributed by atoms with van der Waals surface area (Å²) >= 11 is 0. The number of aryl methyl sites for hydroxylation is 2. The maximum atomic E-state index is 12.2. The van der Waals surface area contributed by atoms with Gasteiger partial charge in [0.25, 0.3) is 0 Å². The zero-order valence-electron chi connectivity index (χ0n) is 14.0. The van der Waals surface area contributed by atoms with Gasteiger partial charge in [0, 0.05) is 18.3 Å². The highest BCUT2D eigenvalue weighted by Crippen LogP contribution is 2.17. The lowest BCUT2D eigenvalue weighted by molar-refractivity contribution is -0.115. The van der Waals surface area contributed by atoms with Crippen LogP contribution in [0.3, 0.4) is 0 Å². The molecule has 0 saturated carbocycles. The van der Waals surface area contributed by atoms with Gasteiger partial charge >= 0.3 is 0 Å². The van der Waals surface area contributed by atoms with Crippen LogP contribution in [0.1, 0.15) is 28.7 Å². The molecule has 0 spiro atoms. The number of fused-ring (bicyclic) bond motifs is 1. The van der Waals surface area contributed by atoms with Crippen molar-refractivity contribution >= 4 is 28.4 Å². The smallest absolute Gasteiger partial charge is 0.228 e. The fraction of sp³-hybridized carbons (Fsp3) is 0.211. The van der Waals surface area contributed by atoms with E-state index in [9.17, 15) is 9.59 Å². The first-order valence-corrected chi connectivity index (χ1v) is 7.77. The minimum absolute atomic E-state index is 0.00633. The molecule has 0 atom stereocenters. The van der Waals surface area contributed by atoms with Gasteiger partial charge < -0.3 is 9.88 Å². The lowest BCUT2D eigenvalue weighted by atomic mass is 10.1. The monoisotopic (exact) mass is 321 g/mol. The van der Waals surface area contributed by atoms with Crippen molar-refractivity contribution in [2.24, 2.45) is 7.05 Å². The summed E-state index contributed by atoms with van der Waals surface area (Å²) in [6.45, 7) is 3.47. The number of nitrogens with one attached hydrogen (secondary N) is 1. The van der Waals surface area contributed by atoms with E-state index in [-0.39, 0.29) is 18.1 Å². The molecular formula is C19H19N3O2. The van der Waals surface area contributed by atoms with Crippen molar-refractivity contribution in [3.63, 3.8) is 0 Å². The largest absolute Gasteiger partial charge is 0.331 e. The molecule has 0 aliphatic heterocycles. The Balaban J connectivity index is 1.71. The number of hydrogen-bond donors (Lipinski definition) is 1. The summed E-state index contributed by atoms with van der Waals surface area (Å²) in [6, 6.07) is 12.8. The number of hydrogen-bond acceptors (Lipinski definition) is 3. The minimum Gasteiger partial charge on any atom is -0.331 e. The van der Waals surface area contributed by atoms with Gasteiger partial charge in [-0.05, 0) is 55.8 Å². The van der Waals surface area contributed by atoms with Crippen LogP contribution in [0, 0.1) is 6.92 Å². The van der Waals surface area contributed by atoms with Crippen LogP contribution in [0.25, 0.3) is 11.0 Å². The van der Waals surface area contributed by atoms with Gasteiger partial charge in [-0.1, -0.05) is 6.07 Å². The van der Waals surface area contributed by atoms with Gasteiger partial charge in [-0.15, -0.1) is 0 Å². The molecule has 0 saturated heterocycles. The van der Waals surface area contributed by atoms with E-state index >= 15 is 0 Å². The molecule has 0 aliphatic rings. The number of carbonyl (C=O) groups excluding carboxylic acids is 2. The zero-order valence-corrected chi connectivity index (χ0v) is 14.0. The molecule has 1 aromatic heterocycles. The second kappa shape index (κ2) is 6.28. The highest BCUT2D eigenvalue weighted by Gasteiger charge is 2.09. The predicted molar refractivity (Wildman–Crippen MR) is 94.2 cm³/mol. The van der Waals surface area contributed by atoms with Gasteiger partial charge in [0.2, 0.25) is 5.91 Å². The SMILES string of the molecule is CC(=O)c1ccc(NC(=O)Cc2ccc3c(c2)nc(C)n3C)cc1. The molecule has 1 amide bonds. The Morgan fingerprint density at radius 2 is 1.83 bits per heavy atom. The van der Waals surface area contributed by atoms with Crippen molar-refractivity contribution in [1.29, 1.82) is 0 Å². The predicted octanol–water partition coefficient (Wildman–Crippen LogP) is 3.27. The number of amides is 1. The van der Waals surface area contributed by atoms with Crippen LogP contribution in [0.15, 0.2) is 42.5 Å². The second-order valence-corrected chi connectivity index (χ2v) is 5.90. The van der Waals surface area contributed by atoms with Crippen LogP contribution >= 0.6 is 0 Å². The molecule has 5 heteroatoms. The summed E-state index contributed by atoms with van der Waals surface area (Å²) in [4.78, 5) is 28.0. The van der Waals surface area contributed by atoms with E-state index in [1.807, 2.05) is 36.7 Å². The van der Waals surface area contributed by atoms with Gasteiger partial charge in [-0.3, -0.25) is 9.59 Å². The molecule has 0 unspecified atom stereocenters. The number of rotatable bonds is 4. The van der Waals surface area contributed by atoms with Crippen molar-refractivity contribution in [2.45, 2.75) is 20.3 Å². The molecule has 122 valence electrons. The molecule has 0 aliphatic carbocycles. The average molecular weight is 321 g/mol. The first-order chi connectivity index (χ1) is 11.4. The summed E-state index contributed by atoms with van der Waals surface area (Å²) in [5.41, 5.74) is 4.17. The highest BCUT2D eigenvalue weighted by atomic mass is 16.1. The van der Waals surface area contributed by atoms with Crippen LogP contribution in [0.4, 0.5) is 5.69 Å². The molecule has 24 heavy (non-hydrogen) atoms. The summed E-state index contributed by atoms with van der Waals surface area (Å²) < 4.78 is 2.02. The molecule has 0 fully saturated rings. The summed E-state index contributed by atoms with van der Waals surface area (Å²) in [5.74, 6) is 0.849. The normalized spacial score (nSPS) is 10.8. The molecule has 1 heterocycles. The lowest BCUT2D eigenvalue weighted by Crippen LogP contribution is -2.14. The third kappa shape index (κ3) is 3.20. The summed E-state index contributed by atoms with van der Waals surface area (Å²) in [5, 5.41) is 2.85. The van der Waals surface area contributed by atoms with Crippen molar-refractivity contribution in [3.05, 3.63) is 59.4 Å². The van der Waals surface area contributed by atoms with Gasteiger partial charge in [0.05, 0.1) is 17.5 Å². The fourth-order valence-electron chi connectivity index (χ4n) is 2.65. The Kier molecular flexibility index (Phi) is 4.16. The number of aromatic nitrogens is 2. The summed E-state index contributed by atoms with van der Waals surface area (Å²) in [7, 11) is 1.97. The van der Waals surface area contributed by atoms with Crippen molar-refractivity contribution < 1.29 is 9.59 Å². The quantitative estimate of drug-likeness (QED) is 0.750. The molecule has 1 N–H and O–H groups in total. The Morgan fingerprint density at radius 1 is 1.12 bits per heavy atom. The van der Waals surface area contributed by atoms with E-state index < -0.39 is 0 Å². The molecule has 2 aromatic carbocycles. The van der Waals surface area contributed by atoms with Crippen LogP contribution < -0.4 is 5.32 Å². The first-order valence-electron chi connectivity index (χ1n) is 7.77. The Hall–Kier alpha value is -2.95. The molecule has 0 bridgehead atoms. The van der Waals surface area contributed by atoms with E-state index in [0.717, 1.165) is 22.4 Å². The molecule has 5 nitrogen and oxygen atoms in total. The number of anilines is 1. The Labute approximate surface area is 140 Å². The van der Waals surface area contributed by atoms with E-state index in [1.54, 1.807) is 24.3 Å². The maximum absolute atomic E-state index is 12.2. The topological polar surface area (TPSA) is 64.0 Å². The lowest BCUT2D eigenvalue weighted by Gasteiger charge is -2.06. The molecule has 0 radical (unpaired) electrons. The van der Waals surface area contributed by atoms with Gasteiger partial charge in [-0.2, -0.15) is 0 Å². The minimum atomic E-state index is -0.0995. The average Bonchev–Trinajstić information content (AvgIpc) is 2.82. The number of carbonyl (C=O) groups is 2. The standard InChI is InChI=1S/C19H19N3O2/c1-12(23)15-5-7-16(8-6-15)21-19(24)11-14-4-9-18-17(10-14)20-13(2)22(18)3/h4-10H,11H2,1-3H3,(H,21,24). The zero-order chi connectivity index (χ0) is 17.3. The number of imidazole rings is 1. The first kappa shape index (κ1) is 15.9. The van der Waals surface area contributed by atoms with E-state index in [4.69, 9.17) is 0 Å². The Morgan fingerprint density at radius 3 is 2.50 bits per heavy atom. The van der Waals surface area contributed by atoms with Gasteiger partial charge in [-0.25, -0.2) is 4.98 Å².